The Balaban J connectivity index is 2.23. The second-order valence-corrected chi connectivity index (χ2v) is 4.65. The lowest BCUT2D eigenvalue weighted by atomic mass is 10.2. The Morgan fingerprint density at radius 2 is 2.15 bits per heavy atom. The van der Waals surface area contributed by atoms with E-state index in [0.29, 0.717) is 22.2 Å². The zero-order valence-corrected chi connectivity index (χ0v) is 12.3. The fourth-order valence-corrected chi connectivity index (χ4v) is 2.10. The highest BCUT2D eigenvalue weighted by Crippen LogP contribution is 2.29. The van der Waals surface area contributed by atoms with Crippen LogP contribution in [0.25, 0.3) is 0 Å². The van der Waals surface area contributed by atoms with E-state index in [1.807, 2.05) is 6.92 Å². The second-order valence-electron chi connectivity index (χ2n) is 4.30. The van der Waals surface area contributed by atoms with Gasteiger partial charge in [-0.2, -0.15) is 5.10 Å². The molecule has 5 nitrogen and oxygen atoms in total. The van der Waals surface area contributed by atoms with E-state index < -0.39 is 0 Å². The van der Waals surface area contributed by atoms with Gasteiger partial charge in [0, 0.05) is 18.2 Å². The van der Waals surface area contributed by atoms with Gasteiger partial charge in [0.05, 0.1) is 12.8 Å². The largest absolute Gasteiger partial charge is 0.493 e. The number of aldehydes is 1. The molecule has 1 heterocycles. The van der Waals surface area contributed by atoms with Gasteiger partial charge in [0.2, 0.25) is 0 Å². The quantitative estimate of drug-likeness (QED) is 0.796. The summed E-state index contributed by atoms with van der Waals surface area (Å²) in [5.74, 6) is 1.06. The number of hydrogen-bond acceptors (Lipinski definition) is 4. The van der Waals surface area contributed by atoms with Gasteiger partial charge < -0.3 is 9.47 Å². The standard InChI is InChI=1S/C14H15ClN2O3/c1-9-11(14(15)17(2)16-9)8-20-13-6-10(7-18)4-5-12(13)19-3/h4-7H,8H2,1-3H3. The third-order valence-corrected chi connectivity index (χ3v) is 3.44. The topological polar surface area (TPSA) is 53.4 Å². The molecule has 6 heteroatoms. The van der Waals surface area contributed by atoms with Crippen molar-refractivity contribution in [3.8, 4) is 11.5 Å². The number of nitrogens with zero attached hydrogens (tertiary/aromatic N) is 2. The lowest BCUT2D eigenvalue weighted by molar-refractivity contribution is 0.112. The van der Waals surface area contributed by atoms with Crippen LogP contribution in [0.1, 0.15) is 21.6 Å². The minimum atomic E-state index is 0.261. The van der Waals surface area contributed by atoms with Gasteiger partial charge in [-0.1, -0.05) is 11.6 Å². The average molecular weight is 295 g/mol. The Labute approximate surface area is 122 Å². The van der Waals surface area contributed by atoms with Crippen LogP contribution in [-0.4, -0.2) is 23.2 Å². The fourth-order valence-electron chi connectivity index (χ4n) is 1.87. The molecule has 106 valence electrons. The Bertz CT molecular complexity index is 638. The maximum absolute atomic E-state index is 10.8. The Kier molecular flexibility index (Phi) is 4.29. The van der Waals surface area contributed by atoms with Crippen LogP contribution in [0, 0.1) is 6.92 Å². The normalized spacial score (nSPS) is 10.4. The summed E-state index contributed by atoms with van der Waals surface area (Å²) in [7, 11) is 3.32. The molecule has 2 rings (SSSR count). The second kappa shape index (κ2) is 5.96. The predicted molar refractivity (Wildman–Crippen MR) is 75.7 cm³/mol. The summed E-state index contributed by atoms with van der Waals surface area (Å²) in [6.07, 6.45) is 0.759. The summed E-state index contributed by atoms with van der Waals surface area (Å²) in [5.41, 5.74) is 2.14. The van der Waals surface area contributed by atoms with Crippen LogP contribution in [0.2, 0.25) is 5.15 Å². The van der Waals surface area contributed by atoms with Crippen molar-refractivity contribution in [1.82, 2.24) is 9.78 Å². The van der Waals surface area contributed by atoms with E-state index >= 15 is 0 Å². The highest BCUT2D eigenvalue weighted by atomic mass is 35.5. The van der Waals surface area contributed by atoms with Crippen LogP contribution in [-0.2, 0) is 13.7 Å². The monoisotopic (exact) mass is 294 g/mol. The van der Waals surface area contributed by atoms with Crippen molar-refractivity contribution >= 4 is 17.9 Å². The predicted octanol–water partition coefficient (Wildman–Crippen LogP) is 2.78. The molecule has 0 radical (unpaired) electrons. The highest BCUT2D eigenvalue weighted by Gasteiger charge is 2.13. The third-order valence-electron chi connectivity index (χ3n) is 2.97. The molecule has 0 bridgehead atoms. The molecule has 0 amide bonds. The number of carbonyl (C=O) groups is 1. The minimum absolute atomic E-state index is 0.261. The van der Waals surface area contributed by atoms with Crippen molar-refractivity contribution in [1.29, 1.82) is 0 Å². The minimum Gasteiger partial charge on any atom is -0.493 e. The maximum atomic E-state index is 10.8. The Morgan fingerprint density at radius 3 is 2.70 bits per heavy atom. The first-order valence-corrected chi connectivity index (χ1v) is 6.38. The van der Waals surface area contributed by atoms with Crippen molar-refractivity contribution in [2.45, 2.75) is 13.5 Å². The Morgan fingerprint density at radius 1 is 1.40 bits per heavy atom. The van der Waals surface area contributed by atoms with Crippen LogP contribution in [0.4, 0.5) is 0 Å². The molecule has 0 saturated carbocycles. The van der Waals surface area contributed by atoms with Gasteiger partial charge in [-0.3, -0.25) is 9.48 Å². The average Bonchev–Trinajstić information content (AvgIpc) is 2.70. The molecule has 0 fully saturated rings. The number of benzene rings is 1. The summed E-state index contributed by atoms with van der Waals surface area (Å²) in [5, 5.41) is 4.75. The highest BCUT2D eigenvalue weighted by molar-refractivity contribution is 6.30. The Hall–Kier alpha value is -2.01. The third kappa shape index (κ3) is 2.77. The SMILES string of the molecule is COc1ccc(C=O)cc1OCc1c(C)nn(C)c1Cl. The van der Waals surface area contributed by atoms with E-state index in [4.69, 9.17) is 21.1 Å². The van der Waals surface area contributed by atoms with Crippen LogP contribution >= 0.6 is 11.6 Å². The van der Waals surface area contributed by atoms with E-state index in [2.05, 4.69) is 5.10 Å². The van der Waals surface area contributed by atoms with Crippen molar-refractivity contribution < 1.29 is 14.3 Å². The molecule has 0 saturated heterocycles. The molecule has 0 N–H and O–H groups in total. The van der Waals surface area contributed by atoms with E-state index in [9.17, 15) is 4.79 Å². The molecule has 1 aromatic heterocycles. The lowest BCUT2D eigenvalue weighted by Crippen LogP contribution is -2.00. The molecule has 0 aliphatic rings. The van der Waals surface area contributed by atoms with E-state index in [0.717, 1.165) is 17.5 Å². The van der Waals surface area contributed by atoms with Gasteiger partial charge >= 0.3 is 0 Å². The fraction of sp³-hybridized carbons (Fsp3) is 0.286. The number of methoxy groups -OCH3 is 1. The number of halogens is 1. The van der Waals surface area contributed by atoms with Gasteiger partial charge in [0.25, 0.3) is 0 Å². The number of ether oxygens (including phenoxy) is 2. The molecular weight excluding hydrogens is 280 g/mol. The summed E-state index contributed by atoms with van der Waals surface area (Å²) in [6.45, 7) is 2.13. The number of rotatable bonds is 5. The molecular formula is C14H15ClN2O3. The van der Waals surface area contributed by atoms with Gasteiger partial charge in [0.15, 0.2) is 11.5 Å². The van der Waals surface area contributed by atoms with Gasteiger partial charge in [-0.05, 0) is 25.1 Å². The first-order chi connectivity index (χ1) is 9.56. The van der Waals surface area contributed by atoms with Crippen LogP contribution in [0.3, 0.4) is 0 Å². The first kappa shape index (κ1) is 14.4. The van der Waals surface area contributed by atoms with Crippen molar-refractivity contribution in [2.24, 2.45) is 7.05 Å². The molecule has 1 aromatic carbocycles. The molecule has 0 aliphatic heterocycles. The van der Waals surface area contributed by atoms with Crippen molar-refractivity contribution in [3.05, 3.63) is 40.2 Å². The molecule has 20 heavy (non-hydrogen) atoms. The number of aryl methyl sites for hydroxylation is 2. The zero-order valence-electron chi connectivity index (χ0n) is 11.5. The zero-order chi connectivity index (χ0) is 14.7. The lowest BCUT2D eigenvalue weighted by Gasteiger charge is -2.11. The molecule has 0 spiro atoms. The van der Waals surface area contributed by atoms with Gasteiger partial charge in [-0.25, -0.2) is 0 Å². The molecule has 0 aliphatic carbocycles. The molecule has 0 atom stereocenters. The summed E-state index contributed by atoms with van der Waals surface area (Å²) in [4.78, 5) is 10.8. The number of hydrogen-bond donors (Lipinski definition) is 0. The maximum Gasteiger partial charge on any atom is 0.162 e. The first-order valence-electron chi connectivity index (χ1n) is 6.00. The van der Waals surface area contributed by atoms with E-state index in [1.54, 1.807) is 37.0 Å². The van der Waals surface area contributed by atoms with Crippen LogP contribution in [0.5, 0.6) is 11.5 Å². The summed E-state index contributed by atoms with van der Waals surface area (Å²) >= 11 is 6.15. The van der Waals surface area contributed by atoms with Crippen LogP contribution < -0.4 is 9.47 Å². The molecule has 2 aromatic rings. The van der Waals surface area contributed by atoms with Gasteiger partial charge in [0.1, 0.15) is 18.0 Å². The summed E-state index contributed by atoms with van der Waals surface area (Å²) < 4.78 is 12.5. The van der Waals surface area contributed by atoms with Crippen LogP contribution in [0.15, 0.2) is 18.2 Å². The van der Waals surface area contributed by atoms with Crippen molar-refractivity contribution in [3.63, 3.8) is 0 Å². The van der Waals surface area contributed by atoms with Crippen molar-refractivity contribution in [2.75, 3.05) is 7.11 Å². The number of carbonyl (C=O) groups excluding carboxylic acids is 1. The summed E-state index contributed by atoms with van der Waals surface area (Å²) in [6, 6.07) is 4.99. The smallest absolute Gasteiger partial charge is 0.162 e. The van der Waals surface area contributed by atoms with E-state index in [1.165, 1.54) is 0 Å². The van der Waals surface area contributed by atoms with Gasteiger partial charge in [-0.15, -0.1) is 0 Å². The van der Waals surface area contributed by atoms with E-state index in [-0.39, 0.29) is 6.61 Å². The molecule has 0 unspecified atom stereocenters. The number of aromatic nitrogens is 2.